The highest BCUT2D eigenvalue weighted by Gasteiger charge is 2.24. The molecule has 10 heavy (non-hydrogen) atoms. The second kappa shape index (κ2) is 2.86. The van der Waals surface area contributed by atoms with Crippen LogP contribution in [0.4, 0.5) is 0 Å². The maximum atomic E-state index is 3.33. The Labute approximate surface area is 61.8 Å². The minimum atomic E-state index is 1.09. The molecule has 2 heterocycles. The summed E-state index contributed by atoms with van der Waals surface area (Å²) in [5.41, 5.74) is 0. The molecule has 0 saturated carbocycles. The average molecular weight is 140 g/mol. The third kappa shape index (κ3) is 1.17. The van der Waals surface area contributed by atoms with Gasteiger partial charge in [0, 0.05) is 26.2 Å². The van der Waals surface area contributed by atoms with E-state index < -0.39 is 0 Å². The summed E-state index contributed by atoms with van der Waals surface area (Å²) in [6.45, 7) is 4.64. The second-order valence-corrected chi connectivity index (χ2v) is 2.90. The van der Waals surface area contributed by atoms with Gasteiger partial charge in [-0.2, -0.15) is 0 Å². The standard InChI is InChI=1S/C7H14N3/c1-2-6-10(5-1)7-8-3-4-9-7/h8-9H,1-6H2. The first-order chi connectivity index (χ1) is 4.97. The van der Waals surface area contributed by atoms with Crippen molar-refractivity contribution < 1.29 is 0 Å². The van der Waals surface area contributed by atoms with Crippen molar-refractivity contribution in [1.29, 1.82) is 0 Å². The van der Waals surface area contributed by atoms with E-state index in [1.165, 1.54) is 32.2 Å². The maximum Gasteiger partial charge on any atom is 0.173 e. The first-order valence-corrected chi connectivity index (χ1v) is 4.06. The van der Waals surface area contributed by atoms with Crippen molar-refractivity contribution in [3.05, 3.63) is 6.29 Å². The smallest absolute Gasteiger partial charge is 0.173 e. The van der Waals surface area contributed by atoms with Crippen LogP contribution in [-0.2, 0) is 0 Å². The molecule has 2 fully saturated rings. The van der Waals surface area contributed by atoms with Gasteiger partial charge >= 0.3 is 0 Å². The summed E-state index contributed by atoms with van der Waals surface area (Å²) >= 11 is 0. The molecule has 2 aliphatic heterocycles. The fourth-order valence-electron chi connectivity index (χ4n) is 1.59. The number of likely N-dealkylation sites (tertiary alicyclic amines) is 1. The number of nitrogens with one attached hydrogen (secondary N) is 2. The van der Waals surface area contributed by atoms with E-state index in [-0.39, 0.29) is 0 Å². The minimum absolute atomic E-state index is 1.09. The quantitative estimate of drug-likeness (QED) is 0.524. The molecule has 2 N–H and O–H groups in total. The normalized spacial score (nSPS) is 30.0. The van der Waals surface area contributed by atoms with Crippen molar-refractivity contribution in [2.45, 2.75) is 12.8 Å². The molecule has 0 spiro atoms. The highest BCUT2D eigenvalue weighted by atomic mass is 15.4. The summed E-state index contributed by atoms with van der Waals surface area (Å²) in [7, 11) is 0. The minimum Gasteiger partial charge on any atom is -0.282 e. The molecule has 0 aliphatic carbocycles. The van der Waals surface area contributed by atoms with Gasteiger partial charge in [0.1, 0.15) is 0 Å². The number of hydrogen-bond donors (Lipinski definition) is 2. The van der Waals surface area contributed by atoms with Gasteiger partial charge in [-0.15, -0.1) is 0 Å². The molecule has 2 aliphatic rings. The number of hydrogen-bond acceptors (Lipinski definition) is 3. The SMILES string of the molecule is C1CCN([C]2NCCN2)C1. The van der Waals surface area contributed by atoms with E-state index in [0.717, 1.165) is 13.1 Å². The van der Waals surface area contributed by atoms with Crippen molar-refractivity contribution in [3.8, 4) is 0 Å². The molecule has 2 rings (SSSR count). The molecule has 0 aromatic carbocycles. The summed E-state index contributed by atoms with van der Waals surface area (Å²) in [5.74, 6) is 0. The lowest BCUT2D eigenvalue weighted by Gasteiger charge is -2.20. The lowest BCUT2D eigenvalue weighted by molar-refractivity contribution is 0.305. The molecule has 2 saturated heterocycles. The second-order valence-electron chi connectivity index (χ2n) is 2.90. The first kappa shape index (κ1) is 6.58. The monoisotopic (exact) mass is 140 g/mol. The van der Waals surface area contributed by atoms with Crippen LogP contribution in [0.1, 0.15) is 12.8 Å². The van der Waals surface area contributed by atoms with E-state index >= 15 is 0 Å². The van der Waals surface area contributed by atoms with Crippen molar-refractivity contribution in [2.75, 3.05) is 26.2 Å². The molecule has 0 amide bonds. The molecule has 0 aromatic rings. The molecule has 1 radical (unpaired) electrons. The van der Waals surface area contributed by atoms with Gasteiger partial charge in [0.05, 0.1) is 0 Å². The topological polar surface area (TPSA) is 27.3 Å². The van der Waals surface area contributed by atoms with Crippen LogP contribution in [0.2, 0.25) is 0 Å². The van der Waals surface area contributed by atoms with Crippen molar-refractivity contribution in [3.63, 3.8) is 0 Å². The van der Waals surface area contributed by atoms with E-state index in [1.807, 2.05) is 0 Å². The Balaban J connectivity index is 1.85. The molecule has 0 bridgehead atoms. The maximum absolute atomic E-state index is 3.33. The Bertz CT molecular complexity index is 89.4. The van der Waals surface area contributed by atoms with E-state index in [0.29, 0.717) is 0 Å². The van der Waals surface area contributed by atoms with Crippen molar-refractivity contribution in [1.82, 2.24) is 15.5 Å². The molecule has 0 atom stereocenters. The van der Waals surface area contributed by atoms with E-state index in [4.69, 9.17) is 0 Å². The van der Waals surface area contributed by atoms with Crippen LogP contribution < -0.4 is 10.6 Å². The lowest BCUT2D eigenvalue weighted by Crippen LogP contribution is -2.38. The van der Waals surface area contributed by atoms with E-state index in [9.17, 15) is 0 Å². The Morgan fingerprint density at radius 1 is 1.00 bits per heavy atom. The molecular formula is C7H14N3. The summed E-state index contributed by atoms with van der Waals surface area (Å²) in [5, 5.41) is 6.66. The van der Waals surface area contributed by atoms with Gasteiger partial charge in [0.25, 0.3) is 0 Å². The zero-order valence-electron chi connectivity index (χ0n) is 6.19. The molecule has 0 aromatic heterocycles. The summed E-state index contributed by atoms with van der Waals surface area (Å²) < 4.78 is 0. The highest BCUT2D eigenvalue weighted by Crippen LogP contribution is 2.13. The predicted octanol–water partition coefficient (Wildman–Crippen LogP) is -0.278. The first-order valence-electron chi connectivity index (χ1n) is 4.06. The average Bonchev–Trinajstić information content (AvgIpc) is 2.59. The van der Waals surface area contributed by atoms with Gasteiger partial charge in [0.2, 0.25) is 0 Å². The number of rotatable bonds is 1. The fraction of sp³-hybridized carbons (Fsp3) is 0.857. The Hall–Kier alpha value is -0.120. The van der Waals surface area contributed by atoms with Crippen LogP contribution in [-0.4, -0.2) is 31.1 Å². The highest BCUT2D eigenvalue weighted by molar-refractivity contribution is 4.91. The van der Waals surface area contributed by atoms with Gasteiger partial charge in [-0.1, -0.05) is 0 Å². The van der Waals surface area contributed by atoms with Gasteiger partial charge in [0.15, 0.2) is 6.29 Å². The predicted molar refractivity (Wildman–Crippen MR) is 40.1 cm³/mol. The summed E-state index contributed by atoms with van der Waals surface area (Å²) in [4.78, 5) is 2.40. The van der Waals surface area contributed by atoms with Gasteiger partial charge in [-0.05, 0) is 12.8 Å². The largest absolute Gasteiger partial charge is 0.282 e. The van der Waals surface area contributed by atoms with Crippen molar-refractivity contribution in [2.24, 2.45) is 0 Å². The van der Waals surface area contributed by atoms with Gasteiger partial charge in [-0.3, -0.25) is 15.5 Å². The molecule has 0 unspecified atom stereocenters. The summed E-state index contributed by atoms with van der Waals surface area (Å²) in [6, 6.07) is 0. The van der Waals surface area contributed by atoms with Gasteiger partial charge in [-0.25, -0.2) is 0 Å². The van der Waals surface area contributed by atoms with Crippen LogP contribution in [0.15, 0.2) is 0 Å². The molecular weight excluding hydrogens is 126 g/mol. The van der Waals surface area contributed by atoms with Crippen LogP contribution in [0.25, 0.3) is 0 Å². The Morgan fingerprint density at radius 2 is 1.60 bits per heavy atom. The zero-order valence-corrected chi connectivity index (χ0v) is 6.19. The van der Waals surface area contributed by atoms with E-state index in [2.05, 4.69) is 15.5 Å². The van der Waals surface area contributed by atoms with Crippen LogP contribution in [0.3, 0.4) is 0 Å². The number of nitrogens with zero attached hydrogens (tertiary/aromatic N) is 1. The molecule has 3 heteroatoms. The molecule has 57 valence electrons. The Morgan fingerprint density at radius 3 is 2.20 bits per heavy atom. The van der Waals surface area contributed by atoms with Gasteiger partial charge < -0.3 is 0 Å². The zero-order chi connectivity index (χ0) is 6.81. The van der Waals surface area contributed by atoms with E-state index in [1.54, 1.807) is 0 Å². The Kier molecular flexibility index (Phi) is 1.88. The molecule has 3 nitrogen and oxygen atoms in total. The summed E-state index contributed by atoms with van der Waals surface area (Å²) in [6.07, 6.45) is 3.97. The third-order valence-electron chi connectivity index (χ3n) is 2.13. The fourth-order valence-corrected chi connectivity index (χ4v) is 1.59. The van der Waals surface area contributed by atoms with Crippen molar-refractivity contribution >= 4 is 0 Å². The van der Waals surface area contributed by atoms with Crippen LogP contribution >= 0.6 is 0 Å². The lowest BCUT2D eigenvalue weighted by atomic mass is 10.4. The van der Waals surface area contributed by atoms with Crippen LogP contribution in [0, 0.1) is 6.29 Å². The van der Waals surface area contributed by atoms with Crippen LogP contribution in [0.5, 0.6) is 0 Å². The third-order valence-corrected chi connectivity index (χ3v) is 2.13.